The second-order valence-corrected chi connectivity index (χ2v) is 7.38. The third-order valence-electron chi connectivity index (χ3n) is 4.81. The summed E-state index contributed by atoms with van der Waals surface area (Å²) in [6.45, 7) is 6.01. The van der Waals surface area contributed by atoms with Gasteiger partial charge in [-0.25, -0.2) is 0 Å². The molecular formula is C18H24ClNO3. The Morgan fingerprint density at radius 1 is 1.26 bits per heavy atom. The first-order chi connectivity index (χ1) is 10.9. The molecule has 1 aromatic rings. The monoisotopic (exact) mass is 337 g/mol. The Balaban J connectivity index is 1.54. The van der Waals surface area contributed by atoms with Crippen molar-refractivity contribution in [2.75, 3.05) is 19.8 Å². The second-order valence-electron chi connectivity index (χ2n) is 6.94. The predicted octanol–water partition coefficient (Wildman–Crippen LogP) is 3.28. The van der Waals surface area contributed by atoms with Crippen molar-refractivity contribution in [3.8, 4) is 0 Å². The molecule has 1 aliphatic heterocycles. The Morgan fingerprint density at radius 2 is 1.87 bits per heavy atom. The normalized spacial score (nSPS) is 22.6. The summed E-state index contributed by atoms with van der Waals surface area (Å²) >= 11 is 5.93. The van der Waals surface area contributed by atoms with Gasteiger partial charge in [0.25, 0.3) is 0 Å². The van der Waals surface area contributed by atoms with E-state index in [2.05, 4.69) is 12.2 Å². The number of ether oxygens (including phenoxy) is 2. The smallest absolute Gasteiger partial charge is 0.230 e. The molecule has 23 heavy (non-hydrogen) atoms. The lowest BCUT2D eigenvalue weighted by molar-refractivity contribution is -0.154. The highest BCUT2D eigenvalue weighted by atomic mass is 35.5. The van der Waals surface area contributed by atoms with Crippen LogP contribution in [0.3, 0.4) is 0 Å². The predicted molar refractivity (Wildman–Crippen MR) is 89.5 cm³/mol. The number of carbonyl (C=O) groups excluding carboxylic acids is 1. The first-order valence-corrected chi connectivity index (χ1v) is 8.64. The van der Waals surface area contributed by atoms with Crippen LogP contribution < -0.4 is 5.32 Å². The average Bonchev–Trinajstić information content (AvgIpc) is 3.22. The molecule has 1 heterocycles. The number of amides is 1. The van der Waals surface area contributed by atoms with E-state index in [-0.39, 0.29) is 11.3 Å². The van der Waals surface area contributed by atoms with Gasteiger partial charge in [0.05, 0.1) is 18.6 Å². The van der Waals surface area contributed by atoms with Crippen molar-refractivity contribution in [3.05, 3.63) is 34.9 Å². The Hall–Kier alpha value is -1.10. The van der Waals surface area contributed by atoms with Gasteiger partial charge in [-0.2, -0.15) is 0 Å². The lowest BCUT2D eigenvalue weighted by Crippen LogP contribution is -2.39. The summed E-state index contributed by atoms with van der Waals surface area (Å²) < 4.78 is 11.3. The molecule has 1 N–H and O–H groups in total. The van der Waals surface area contributed by atoms with Gasteiger partial charge in [0.15, 0.2) is 5.79 Å². The van der Waals surface area contributed by atoms with Gasteiger partial charge in [-0.05, 0) is 43.4 Å². The molecule has 0 unspecified atom stereocenters. The van der Waals surface area contributed by atoms with Crippen LogP contribution in [0.2, 0.25) is 5.02 Å². The minimum atomic E-state index is -0.502. The number of benzene rings is 1. The Morgan fingerprint density at radius 3 is 2.43 bits per heavy atom. The zero-order chi connectivity index (χ0) is 16.5. The standard InChI is InChI=1S/C18H24ClNO3/c1-13(11-17(2)22-9-10-23-17)12-20-16(21)18(7-8-18)14-3-5-15(19)6-4-14/h3-6,13H,7-12H2,1-2H3,(H,20,21)/t13-/m0/s1. The second kappa shape index (κ2) is 6.42. The van der Waals surface area contributed by atoms with Crippen LogP contribution in [-0.4, -0.2) is 31.5 Å². The van der Waals surface area contributed by atoms with Gasteiger partial charge in [-0.1, -0.05) is 30.7 Å². The van der Waals surface area contributed by atoms with Crippen LogP contribution in [-0.2, 0) is 19.7 Å². The molecule has 4 nitrogen and oxygen atoms in total. The van der Waals surface area contributed by atoms with E-state index in [1.165, 1.54) is 0 Å². The van der Waals surface area contributed by atoms with Gasteiger partial charge in [-0.15, -0.1) is 0 Å². The third kappa shape index (κ3) is 3.70. The molecule has 2 aliphatic rings. The summed E-state index contributed by atoms with van der Waals surface area (Å²) in [5.74, 6) is -0.0921. The third-order valence-corrected chi connectivity index (χ3v) is 5.06. The van der Waals surface area contributed by atoms with Gasteiger partial charge in [0.1, 0.15) is 0 Å². The van der Waals surface area contributed by atoms with Crippen molar-refractivity contribution in [1.82, 2.24) is 5.32 Å². The molecule has 1 amide bonds. The van der Waals surface area contributed by atoms with Crippen LogP contribution in [0.15, 0.2) is 24.3 Å². The van der Waals surface area contributed by atoms with Crippen molar-refractivity contribution in [2.45, 2.75) is 44.3 Å². The molecule has 1 saturated carbocycles. The Labute approximate surface area is 142 Å². The molecule has 0 aromatic heterocycles. The van der Waals surface area contributed by atoms with Crippen LogP contribution in [0.25, 0.3) is 0 Å². The number of hydrogen-bond acceptors (Lipinski definition) is 3. The lowest BCUT2D eigenvalue weighted by Gasteiger charge is -2.26. The lowest BCUT2D eigenvalue weighted by atomic mass is 9.94. The van der Waals surface area contributed by atoms with Crippen LogP contribution in [0.5, 0.6) is 0 Å². The van der Waals surface area contributed by atoms with Gasteiger partial charge < -0.3 is 14.8 Å². The molecule has 0 spiro atoms. The van der Waals surface area contributed by atoms with Crippen LogP contribution in [0, 0.1) is 5.92 Å². The maximum Gasteiger partial charge on any atom is 0.230 e. The molecule has 2 fully saturated rings. The SMILES string of the molecule is C[C@H](CNC(=O)C1(c2ccc(Cl)cc2)CC1)CC1(C)OCCO1. The minimum absolute atomic E-state index is 0.116. The highest BCUT2D eigenvalue weighted by molar-refractivity contribution is 6.30. The average molecular weight is 338 g/mol. The molecule has 5 heteroatoms. The molecule has 126 valence electrons. The van der Waals surface area contributed by atoms with E-state index >= 15 is 0 Å². The van der Waals surface area contributed by atoms with E-state index in [1.54, 1.807) is 0 Å². The Kier molecular flexibility index (Phi) is 4.68. The molecule has 0 bridgehead atoms. The Bertz CT molecular complexity index is 562. The fraction of sp³-hybridized carbons (Fsp3) is 0.611. The van der Waals surface area contributed by atoms with Crippen LogP contribution in [0.1, 0.15) is 38.7 Å². The fourth-order valence-corrected chi connectivity index (χ4v) is 3.48. The summed E-state index contributed by atoms with van der Waals surface area (Å²) in [5.41, 5.74) is 0.704. The zero-order valence-electron chi connectivity index (χ0n) is 13.7. The van der Waals surface area contributed by atoms with Gasteiger partial charge in [0, 0.05) is 18.0 Å². The summed E-state index contributed by atoms with van der Waals surface area (Å²) in [5, 5.41) is 3.80. The summed E-state index contributed by atoms with van der Waals surface area (Å²) in [7, 11) is 0. The highest BCUT2D eigenvalue weighted by Crippen LogP contribution is 2.48. The van der Waals surface area contributed by atoms with Crippen molar-refractivity contribution in [1.29, 1.82) is 0 Å². The quantitative estimate of drug-likeness (QED) is 0.866. The number of nitrogens with one attached hydrogen (secondary N) is 1. The number of hydrogen-bond donors (Lipinski definition) is 1. The molecule has 1 atom stereocenters. The maximum atomic E-state index is 12.6. The number of rotatable bonds is 6. The fourth-order valence-electron chi connectivity index (χ4n) is 3.36. The first kappa shape index (κ1) is 16.7. The van der Waals surface area contributed by atoms with Crippen molar-refractivity contribution in [2.24, 2.45) is 5.92 Å². The van der Waals surface area contributed by atoms with E-state index in [9.17, 15) is 4.79 Å². The molecule has 1 aliphatic carbocycles. The number of carbonyl (C=O) groups is 1. The van der Waals surface area contributed by atoms with Gasteiger partial charge >= 0.3 is 0 Å². The summed E-state index contributed by atoms with van der Waals surface area (Å²) in [6, 6.07) is 7.62. The minimum Gasteiger partial charge on any atom is -0.355 e. The van der Waals surface area contributed by atoms with E-state index in [0.717, 1.165) is 24.8 Å². The highest BCUT2D eigenvalue weighted by Gasteiger charge is 2.51. The van der Waals surface area contributed by atoms with Crippen molar-refractivity contribution < 1.29 is 14.3 Å². The topological polar surface area (TPSA) is 47.6 Å². The van der Waals surface area contributed by atoms with E-state index < -0.39 is 5.79 Å². The number of halogens is 1. The van der Waals surface area contributed by atoms with Crippen LogP contribution >= 0.6 is 11.6 Å². The van der Waals surface area contributed by atoms with E-state index in [1.807, 2.05) is 31.2 Å². The first-order valence-electron chi connectivity index (χ1n) is 8.26. The molecule has 1 saturated heterocycles. The largest absolute Gasteiger partial charge is 0.355 e. The molecular weight excluding hydrogens is 314 g/mol. The van der Waals surface area contributed by atoms with Crippen LogP contribution in [0.4, 0.5) is 0 Å². The van der Waals surface area contributed by atoms with Gasteiger partial charge in [0.2, 0.25) is 5.91 Å². The molecule has 1 aromatic carbocycles. The molecule has 3 rings (SSSR count). The summed E-state index contributed by atoms with van der Waals surface area (Å²) in [4.78, 5) is 12.6. The summed E-state index contributed by atoms with van der Waals surface area (Å²) in [6.07, 6.45) is 2.58. The van der Waals surface area contributed by atoms with E-state index in [4.69, 9.17) is 21.1 Å². The maximum absolute atomic E-state index is 12.6. The zero-order valence-corrected chi connectivity index (χ0v) is 14.5. The van der Waals surface area contributed by atoms with E-state index in [0.29, 0.717) is 30.7 Å². The molecule has 0 radical (unpaired) electrons. The van der Waals surface area contributed by atoms with Gasteiger partial charge in [-0.3, -0.25) is 4.79 Å². The van der Waals surface area contributed by atoms with Crippen molar-refractivity contribution >= 4 is 17.5 Å². The van der Waals surface area contributed by atoms with Crippen molar-refractivity contribution in [3.63, 3.8) is 0 Å².